The van der Waals surface area contributed by atoms with Crippen LogP contribution in [-0.4, -0.2) is 73.1 Å². The first kappa shape index (κ1) is 32.9. The summed E-state index contributed by atoms with van der Waals surface area (Å²) >= 11 is 1.60. The van der Waals surface area contributed by atoms with Crippen LogP contribution in [0.15, 0.2) is 65.5 Å². The van der Waals surface area contributed by atoms with E-state index in [4.69, 9.17) is 10.1 Å². The summed E-state index contributed by atoms with van der Waals surface area (Å²) in [6.45, 7) is 4.73. The van der Waals surface area contributed by atoms with Gasteiger partial charge in [0.25, 0.3) is 11.5 Å². The highest BCUT2D eigenvalue weighted by Crippen LogP contribution is 2.25. The van der Waals surface area contributed by atoms with Crippen molar-refractivity contribution in [3.63, 3.8) is 0 Å². The van der Waals surface area contributed by atoms with E-state index in [0.29, 0.717) is 30.2 Å². The summed E-state index contributed by atoms with van der Waals surface area (Å²) in [6, 6.07) is 17.5. The van der Waals surface area contributed by atoms with Gasteiger partial charge < -0.3 is 20.1 Å². The maximum Gasteiger partial charge on any atom is 0.263 e. The van der Waals surface area contributed by atoms with Gasteiger partial charge in [0.1, 0.15) is 11.6 Å². The van der Waals surface area contributed by atoms with E-state index in [9.17, 15) is 19.2 Å². The smallest absolute Gasteiger partial charge is 0.263 e. The molecule has 0 fully saturated rings. The topological polar surface area (TPSA) is 131 Å². The van der Waals surface area contributed by atoms with Crippen molar-refractivity contribution in [1.29, 1.82) is 0 Å². The lowest BCUT2D eigenvalue weighted by molar-refractivity contribution is -0.129. The third-order valence-electron chi connectivity index (χ3n) is 8.30. The van der Waals surface area contributed by atoms with E-state index in [1.807, 2.05) is 74.7 Å². The predicted molar refractivity (Wildman–Crippen MR) is 180 cm³/mol. The maximum atomic E-state index is 14.1. The zero-order chi connectivity index (χ0) is 32.8. The van der Waals surface area contributed by atoms with E-state index in [1.165, 1.54) is 4.57 Å². The molecule has 5 rings (SSSR count). The van der Waals surface area contributed by atoms with E-state index < -0.39 is 18.0 Å². The number of nitrogens with one attached hydrogen (secondary N) is 2. The summed E-state index contributed by atoms with van der Waals surface area (Å²) in [7, 11) is 1.66. The number of benzene rings is 2. The molecule has 1 aliphatic heterocycles. The van der Waals surface area contributed by atoms with E-state index >= 15 is 0 Å². The molecule has 1 aliphatic rings. The Morgan fingerprint density at radius 1 is 1.00 bits per heavy atom. The number of para-hydroxylation sites is 1. The van der Waals surface area contributed by atoms with Gasteiger partial charge in [0, 0.05) is 32.1 Å². The average Bonchev–Trinajstić information content (AvgIpc) is 3.48. The zero-order valence-electron chi connectivity index (χ0n) is 26.7. The summed E-state index contributed by atoms with van der Waals surface area (Å²) in [5.74, 6) is 0.772. The van der Waals surface area contributed by atoms with Gasteiger partial charge in [-0.1, -0.05) is 62.4 Å². The lowest BCUT2D eigenvalue weighted by Gasteiger charge is -2.28. The van der Waals surface area contributed by atoms with Gasteiger partial charge in [-0.2, -0.15) is 16.9 Å². The molecule has 4 aromatic rings. The molecule has 11 nitrogen and oxygen atoms in total. The first-order chi connectivity index (χ1) is 22.2. The molecule has 0 saturated heterocycles. The lowest BCUT2D eigenvalue weighted by Crippen LogP contribution is -2.49. The molecule has 46 heavy (non-hydrogen) atoms. The Bertz CT molecular complexity index is 1770. The van der Waals surface area contributed by atoms with E-state index in [2.05, 4.69) is 10.6 Å². The molecule has 2 aromatic heterocycles. The summed E-state index contributed by atoms with van der Waals surface area (Å²) in [6.07, 6.45) is 2.92. The van der Waals surface area contributed by atoms with E-state index in [0.717, 1.165) is 16.5 Å². The van der Waals surface area contributed by atoms with Gasteiger partial charge in [0.05, 0.1) is 18.1 Å². The zero-order valence-corrected chi connectivity index (χ0v) is 27.5. The molecule has 3 amide bonds. The summed E-state index contributed by atoms with van der Waals surface area (Å²) in [5.41, 5.74) is 1.25. The number of carbonyl (C=O) groups is 3. The van der Waals surface area contributed by atoms with Crippen LogP contribution in [0.25, 0.3) is 22.3 Å². The van der Waals surface area contributed by atoms with Gasteiger partial charge in [-0.3, -0.25) is 19.2 Å². The minimum atomic E-state index is -0.715. The monoisotopic (exact) mass is 643 g/mol. The van der Waals surface area contributed by atoms with Crippen molar-refractivity contribution in [3.8, 4) is 11.4 Å². The molecule has 0 unspecified atom stereocenters. The highest BCUT2D eigenvalue weighted by Gasteiger charge is 2.30. The van der Waals surface area contributed by atoms with Crippen LogP contribution in [-0.2, 0) is 23.2 Å². The first-order valence-corrected chi connectivity index (χ1v) is 17.0. The van der Waals surface area contributed by atoms with Crippen molar-refractivity contribution in [1.82, 2.24) is 34.9 Å². The Kier molecular flexibility index (Phi) is 10.6. The lowest BCUT2D eigenvalue weighted by atomic mass is 10.0. The number of aromatic nitrogens is 4. The number of hydrogen-bond donors (Lipinski definition) is 2. The van der Waals surface area contributed by atoms with Crippen LogP contribution >= 0.6 is 11.8 Å². The van der Waals surface area contributed by atoms with E-state index in [1.54, 1.807) is 34.5 Å². The molecule has 0 saturated carbocycles. The molecule has 2 aromatic carbocycles. The van der Waals surface area contributed by atoms with Gasteiger partial charge in [0.2, 0.25) is 11.8 Å². The number of rotatable bonds is 6. The Morgan fingerprint density at radius 2 is 1.74 bits per heavy atom. The predicted octanol–water partition coefficient (Wildman–Crippen LogP) is 3.78. The van der Waals surface area contributed by atoms with Crippen molar-refractivity contribution in [2.45, 2.75) is 51.7 Å². The first-order valence-electron chi connectivity index (χ1n) is 15.6. The molecule has 2 N–H and O–H groups in total. The summed E-state index contributed by atoms with van der Waals surface area (Å²) < 4.78 is 3.25. The van der Waals surface area contributed by atoms with Gasteiger partial charge in [0.15, 0.2) is 11.6 Å². The Labute approximate surface area is 272 Å². The average molecular weight is 644 g/mol. The van der Waals surface area contributed by atoms with Gasteiger partial charge >= 0.3 is 0 Å². The molecule has 12 heteroatoms. The second-order valence-corrected chi connectivity index (χ2v) is 12.9. The fraction of sp³-hybridized carbons (Fsp3) is 0.412. The number of fused-ring (bicyclic) bond motifs is 2. The van der Waals surface area contributed by atoms with Crippen molar-refractivity contribution in [2.24, 2.45) is 13.0 Å². The van der Waals surface area contributed by atoms with Gasteiger partial charge in [-0.25, -0.2) is 9.67 Å². The number of amides is 3. The Morgan fingerprint density at radius 3 is 2.48 bits per heavy atom. The minimum Gasteiger partial charge on any atom is -0.344 e. The van der Waals surface area contributed by atoms with Crippen LogP contribution in [0.4, 0.5) is 0 Å². The number of pyridine rings is 1. The molecular formula is C34H41N7O4S. The number of aryl methyl sites for hydroxylation is 1. The molecule has 3 heterocycles. The van der Waals surface area contributed by atoms with Crippen molar-refractivity contribution >= 4 is 40.4 Å². The van der Waals surface area contributed by atoms with Crippen molar-refractivity contribution in [2.75, 3.05) is 25.1 Å². The maximum absolute atomic E-state index is 14.1. The number of hydrogen-bond acceptors (Lipinski definition) is 7. The van der Waals surface area contributed by atoms with Gasteiger partial charge in [-0.05, 0) is 48.3 Å². The SMILES string of the molecule is CSCC[C@@H]1NC(=O)CCCN(C(=O)c2cc3ccccc3n(C)c2=O)CCn2nc(-c3ccccc3)nc2[C@@H](C(C)C)NC1=O. The van der Waals surface area contributed by atoms with Gasteiger partial charge in [-0.15, -0.1) is 0 Å². The molecule has 0 radical (unpaired) electrons. The fourth-order valence-electron chi connectivity index (χ4n) is 5.72. The molecular weight excluding hydrogens is 602 g/mol. The highest BCUT2D eigenvalue weighted by molar-refractivity contribution is 7.98. The molecule has 2 atom stereocenters. The third kappa shape index (κ3) is 7.33. The van der Waals surface area contributed by atoms with Crippen LogP contribution in [0.5, 0.6) is 0 Å². The largest absolute Gasteiger partial charge is 0.344 e. The summed E-state index contributed by atoms with van der Waals surface area (Å²) in [5, 5.41) is 11.7. The van der Waals surface area contributed by atoms with Crippen molar-refractivity contribution < 1.29 is 14.4 Å². The number of thioether (sulfide) groups is 1. The Balaban J connectivity index is 1.55. The van der Waals surface area contributed by atoms with Crippen LogP contribution in [0.1, 0.15) is 55.3 Å². The second kappa shape index (κ2) is 14.8. The second-order valence-electron chi connectivity index (χ2n) is 11.9. The minimum absolute atomic E-state index is 0.0568. The summed E-state index contributed by atoms with van der Waals surface area (Å²) in [4.78, 5) is 60.7. The van der Waals surface area contributed by atoms with E-state index in [-0.39, 0.29) is 54.9 Å². The molecule has 0 spiro atoms. The van der Waals surface area contributed by atoms with Crippen LogP contribution in [0, 0.1) is 5.92 Å². The third-order valence-corrected chi connectivity index (χ3v) is 8.95. The quantitative estimate of drug-likeness (QED) is 0.327. The normalized spacial score (nSPS) is 18.2. The van der Waals surface area contributed by atoms with Crippen LogP contribution < -0.4 is 16.2 Å². The van der Waals surface area contributed by atoms with Crippen molar-refractivity contribution in [3.05, 3.63) is 82.4 Å². The number of nitrogens with zero attached hydrogens (tertiary/aromatic N) is 5. The van der Waals surface area contributed by atoms with Crippen LogP contribution in [0.3, 0.4) is 0 Å². The number of carbonyl (C=O) groups excluding carboxylic acids is 3. The molecule has 0 bridgehead atoms. The fourth-order valence-corrected chi connectivity index (χ4v) is 6.19. The molecule has 242 valence electrons. The molecule has 0 aliphatic carbocycles. The Hall–Kier alpha value is -4.45. The van der Waals surface area contributed by atoms with Crippen LogP contribution in [0.2, 0.25) is 0 Å². The standard InChI is InChI=1S/C34H41N7O4S/c1-22(2)29-31-37-30(23-11-6-5-7-12-23)38-41(31)19-18-40(17-10-15-28(42)35-26(16-20-46-4)32(43)36-29)34(45)25-21-24-13-8-9-14-27(24)39(3)33(25)44/h5-9,11-14,21-22,26,29H,10,15-20H2,1-4H3,(H,35,42)(H,36,43)/t26-,29+/m0/s1. The highest BCUT2D eigenvalue weighted by atomic mass is 32.2.